The number of nitrogens with zero attached hydrogens (tertiary/aromatic N) is 1. The summed E-state index contributed by atoms with van der Waals surface area (Å²) in [6.07, 6.45) is 1.07. The predicted molar refractivity (Wildman–Crippen MR) is 135 cm³/mol. The van der Waals surface area contributed by atoms with Gasteiger partial charge in [-0.15, -0.1) is 0 Å². The van der Waals surface area contributed by atoms with Crippen LogP contribution in [0.25, 0.3) is 0 Å². The van der Waals surface area contributed by atoms with Crippen molar-refractivity contribution in [2.75, 3.05) is 18.6 Å². The van der Waals surface area contributed by atoms with Gasteiger partial charge in [0.2, 0.25) is 23.6 Å². The molecule has 0 heterocycles. The van der Waals surface area contributed by atoms with Crippen LogP contribution in [0, 0.1) is 0 Å². The van der Waals surface area contributed by atoms with E-state index in [1.165, 1.54) is 11.8 Å². The van der Waals surface area contributed by atoms with Gasteiger partial charge in [0, 0.05) is 13.0 Å². The lowest BCUT2D eigenvalue weighted by Crippen LogP contribution is -2.57. The number of nitrogens with one attached hydrogen (secondary N) is 3. The minimum Gasteiger partial charge on any atom is -0.481 e. The van der Waals surface area contributed by atoms with Crippen molar-refractivity contribution in [1.82, 2.24) is 16.0 Å². The summed E-state index contributed by atoms with van der Waals surface area (Å²) in [5.74, 6) is -5.80. The molecular weight excluding hydrogens is 512 g/mol. The van der Waals surface area contributed by atoms with E-state index in [0.29, 0.717) is 5.75 Å². The Balaban J connectivity index is 5.60. The molecule has 4 atom stereocenters. The van der Waals surface area contributed by atoms with Crippen LogP contribution in [0.2, 0.25) is 0 Å². The lowest BCUT2D eigenvalue weighted by Gasteiger charge is -2.25. The first-order chi connectivity index (χ1) is 17.3. The highest BCUT2D eigenvalue weighted by molar-refractivity contribution is 7.98. The number of carbonyl (C=O) groups excluding carboxylic acids is 4. The zero-order valence-electron chi connectivity index (χ0n) is 20.5. The molecule has 0 aromatic heterocycles. The Labute approximate surface area is 217 Å². The smallest absolute Gasteiger partial charge is 0.326 e. The van der Waals surface area contributed by atoms with Gasteiger partial charge in [0.05, 0.1) is 12.5 Å². The van der Waals surface area contributed by atoms with E-state index >= 15 is 0 Å². The van der Waals surface area contributed by atoms with Crippen LogP contribution in [-0.2, 0) is 28.8 Å². The van der Waals surface area contributed by atoms with Gasteiger partial charge in [-0.2, -0.15) is 11.8 Å². The summed E-state index contributed by atoms with van der Waals surface area (Å²) in [6.45, 7) is 0.0980. The largest absolute Gasteiger partial charge is 0.481 e. The van der Waals surface area contributed by atoms with E-state index in [9.17, 15) is 33.9 Å². The molecule has 0 fully saturated rings. The third-order valence-corrected chi connectivity index (χ3v) is 5.50. The molecule has 17 heteroatoms. The highest BCUT2D eigenvalue weighted by atomic mass is 32.2. The Hall–Kier alpha value is -3.60. The molecular formula is C20H36N8O8S. The summed E-state index contributed by atoms with van der Waals surface area (Å²) >= 11 is 1.40. The Morgan fingerprint density at radius 2 is 1.38 bits per heavy atom. The molecule has 13 N–H and O–H groups in total. The maximum atomic E-state index is 13.0. The fourth-order valence-electron chi connectivity index (χ4n) is 2.90. The second-order valence-electron chi connectivity index (χ2n) is 7.96. The van der Waals surface area contributed by atoms with Crippen LogP contribution in [0.1, 0.15) is 38.5 Å². The van der Waals surface area contributed by atoms with Crippen LogP contribution in [0.5, 0.6) is 0 Å². The minimum atomic E-state index is -1.74. The van der Waals surface area contributed by atoms with Gasteiger partial charge < -0.3 is 49.1 Å². The molecule has 210 valence electrons. The molecule has 0 aromatic rings. The summed E-state index contributed by atoms with van der Waals surface area (Å²) in [7, 11) is 0. The van der Waals surface area contributed by atoms with Crippen molar-refractivity contribution < 1.29 is 39.0 Å². The summed E-state index contributed by atoms with van der Waals surface area (Å²) in [5, 5.41) is 25.2. The van der Waals surface area contributed by atoms with Gasteiger partial charge in [0.25, 0.3) is 0 Å². The zero-order chi connectivity index (χ0) is 28.5. The van der Waals surface area contributed by atoms with Crippen molar-refractivity contribution in [3.63, 3.8) is 0 Å². The Morgan fingerprint density at radius 1 is 0.838 bits per heavy atom. The van der Waals surface area contributed by atoms with Crippen molar-refractivity contribution in [2.45, 2.75) is 62.7 Å². The van der Waals surface area contributed by atoms with E-state index in [2.05, 4.69) is 20.9 Å². The van der Waals surface area contributed by atoms with Crippen LogP contribution in [-0.4, -0.2) is 94.5 Å². The van der Waals surface area contributed by atoms with Crippen LogP contribution in [0.4, 0.5) is 0 Å². The number of guanidine groups is 1. The second kappa shape index (κ2) is 17.8. The molecule has 0 spiro atoms. The monoisotopic (exact) mass is 548 g/mol. The van der Waals surface area contributed by atoms with Crippen LogP contribution in [0.3, 0.4) is 0 Å². The molecule has 0 radical (unpaired) electrons. The van der Waals surface area contributed by atoms with Crippen LogP contribution >= 0.6 is 11.8 Å². The third kappa shape index (κ3) is 15.2. The maximum Gasteiger partial charge on any atom is 0.326 e. The minimum absolute atomic E-state index is 0.0327. The lowest BCUT2D eigenvalue weighted by molar-refractivity contribution is -0.147. The molecule has 0 aliphatic carbocycles. The first-order valence-corrected chi connectivity index (χ1v) is 12.6. The fraction of sp³-hybridized carbons (Fsp3) is 0.650. The molecule has 0 aliphatic heterocycles. The van der Waals surface area contributed by atoms with E-state index in [1.54, 1.807) is 6.26 Å². The van der Waals surface area contributed by atoms with E-state index in [0.717, 1.165) is 0 Å². The van der Waals surface area contributed by atoms with Gasteiger partial charge in [0.15, 0.2) is 5.96 Å². The standard InChI is InChI=1S/C20H36N8O8S/c1-37-8-6-12(26-16(32)10(21)4-5-14(22)29)18(34)27-11(3-2-7-25-20(23)24)17(33)28-13(19(35)36)9-15(30)31/h10-13H,2-9,21H2,1H3,(H2,22,29)(H,26,32)(H,27,34)(H,28,33)(H,30,31)(H,35,36)(H4,23,24,25). The molecule has 0 aromatic carbocycles. The van der Waals surface area contributed by atoms with Crippen molar-refractivity contribution in [3.05, 3.63) is 0 Å². The number of carbonyl (C=O) groups is 6. The van der Waals surface area contributed by atoms with Gasteiger partial charge in [-0.25, -0.2) is 4.79 Å². The molecule has 4 amide bonds. The summed E-state index contributed by atoms with van der Waals surface area (Å²) in [5.41, 5.74) is 21.4. The second-order valence-corrected chi connectivity index (χ2v) is 8.95. The van der Waals surface area contributed by atoms with Gasteiger partial charge in [-0.1, -0.05) is 0 Å². The number of nitrogens with two attached hydrogens (primary N) is 4. The number of rotatable bonds is 19. The Morgan fingerprint density at radius 3 is 1.86 bits per heavy atom. The molecule has 16 nitrogen and oxygen atoms in total. The molecule has 0 saturated carbocycles. The van der Waals surface area contributed by atoms with E-state index in [4.69, 9.17) is 28.0 Å². The average Bonchev–Trinajstić information content (AvgIpc) is 2.80. The Bertz CT molecular complexity index is 852. The average molecular weight is 549 g/mol. The molecule has 0 bridgehead atoms. The van der Waals surface area contributed by atoms with Gasteiger partial charge in [0.1, 0.15) is 18.1 Å². The number of carboxylic acids is 2. The number of carboxylic acid groups (broad SMARTS) is 2. The number of primary amides is 1. The quantitative estimate of drug-likeness (QED) is 0.0429. The number of amides is 4. The first-order valence-electron chi connectivity index (χ1n) is 11.2. The van der Waals surface area contributed by atoms with E-state index in [-0.39, 0.29) is 44.6 Å². The van der Waals surface area contributed by atoms with E-state index < -0.39 is 66.2 Å². The zero-order valence-corrected chi connectivity index (χ0v) is 21.3. The molecule has 0 saturated heterocycles. The fourth-order valence-corrected chi connectivity index (χ4v) is 3.38. The van der Waals surface area contributed by atoms with Gasteiger partial charge in [-0.05, 0) is 37.7 Å². The summed E-state index contributed by atoms with van der Waals surface area (Å²) in [6, 6.07) is -5.25. The van der Waals surface area contributed by atoms with Gasteiger partial charge in [-0.3, -0.25) is 29.0 Å². The SMILES string of the molecule is CSCCC(NC(=O)C(N)CCC(N)=O)C(=O)NC(CCCN=C(N)N)C(=O)NC(CC(=O)O)C(=O)O. The number of aliphatic carboxylic acids is 2. The van der Waals surface area contributed by atoms with Crippen molar-refractivity contribution >= 4 is 53.3 Å². The van der Waals surface area contributed by atoms with Crippen LogP contribution in [0.15, 0.2) is 4.99 Å². The normalized spacial score (nSPS) is 13.8. The summed E-state index contributed by atoms with van der Waals surface area (Å²) in [4.78, 5) is 75.3. The topological polar surface area (TPSA) is 295 Å². The third-order valence-electron chi connectivity index (χ3n) is 4.85. The Kier molecular flexibility index (Phi) is 16.0. The lowest BCUT2D eigenvalue weighted by atomic mass is 10.1. The van der Waals surface area contributed by atoms with Crippen molar-refractivity contribution in [3.8, 4) is 0 Å². The highest BCUT2D eigenvalue weighted by Crippen LogP contribution is 2.06. The highest BCUT2D eigenvalue weighted by Gasteiger charge is 2.31. The van der Waals surface area contributed by atoms with E-state index in [1.807, 2.05) is 0 Å². The predicted octanol–water partition coefficient (Wildman–Crippen LogP) is -3.60. The molecule has 0 aliphatic rings. The van der Waals surface area contributed by atoms with Gasteiger partial charge >= 0.3 is 11.9 Å². The number of hydrogen-bond acceptors (Lipinski definition) is 9. The molecule has 0 rings (SSSR count). The molecule has 4 unspecified atom stereocenters. The maximum absolute atomic E-state index is 13.0. The number of thioether (sulfide) groups is 1. The first kappa shape index (κ1) is 33.4. The van der Waals surface area contributed by atoms with Crippen molar-refractivity contribution in [2.24, 2.45) is 27.9 Å². The number of hydrogen-bond donors (Lipinski definition) is 9. The van der Waals surface area contributed by atoms with Crippen molar-refractivity contribution in [1.29, 1.82) is 0 Å². The number of aliphatic imine (C=N–C) groups is 1. The molecule has 37 heavy (non-hydrogen) atoms. The summed E-state index contributed by atoms with van der Waals surface area (Å²) < 4.78 is 0. The van der Waals surface area contributed by atoms with Crippen LogP contribution < -0.4 is 38.9 Å².